The number of benzene rings is 2. The average Bonchev–Trinajstić information content (AvgIpc) is 3.45. The summed E-state index contributed by atoms with van der Waals surface area (Å²) in [4.78, 5) is 24.3. The summed E-state index contributed by atoms with van der Waals surface area (Å²) >= 11 is 0. The molecule has 1 fully saturated rings. The smallest absolute Gasteiger partial charge is 0.387 e. The lowest BCUT2D eigenvalue weighted by molar-refractivity contribution is -0.0487. The molecule has 3 aromatic rings. The van der Waals surface area contributed by atoms with Crippen LogP contribution in [0.3, 0.4) is 0 Å². The molecule has 1 saturated carbocycles. The highest BCUT2D eigenvalue weighted by atomic mass is 19.3. The van der Waals surface area contributed by atoms with Gasteiger partial charge in [-0.3, -0.25) is 4.79 Å². The zero-order chi connectivity index (χ0) is 22.7. The van der Waals surface area contributed by atoms with E-state index < -0.39 is 51.9 Å². The maximum Gasteiger partial charge on any atom is 0.387 e. The van der Waals surface area contributed by atoms with Crippen LogP contribution in [0.1, 0.15) is 40.4 Å². The maximum atomic E-state index is 15.3. The second kappa shape index (κ2) is 7.33. The van der Waals surface area contributed by atoms with E-state index in [9.17, 15) is 23.5 Å². The predicted molar refractivity (Wildman–Crippen MR) is 106 cm³/mol. The fourth-order valence-corrected chi connectivity index (χ4v) is 4.23. The summed E-state index contributed by atoms with van der Waals surface area (Å²) in [6.07, 6.45) is 2.26. The van der Waals surface area contributed by atoms with Crippen molar-refractivity contribution in [2.75, 3.05) is 0 Å². The van der Waals surface area contributed by atoms with Crippen molar-refractivity contribution < 1.29 is 32.2 Å². The van der Waals surface area contributed by atoms with Crippen molar-refractivity contribution in [2.24, 2.45) is 0 Å². The molecule has 0 atom stereocenters. The quantitative estimate of drug-likeness (QED) is 0.573. The Bertz CT molecular complexity index is 1350. The Labute approximate surface area is 178 Å². The number of alkyl halides is 2. The number of carbonyl (C=O) groups is 1. The minimum Gasteiger partial charge on any atom is -0.477 e. The van der Waals surface area contributed by atoms with Crippen molar-refractivity contribution in [2.45, 2.75) is 38.6 Å². The van der Waals surface area contributed by atoms with E-state index in [1.54, 1.807) is 6.07 Å². The summed E-state index contributed by atoms with van der Waals surface area (Å²) in [6, 6.07) is 3.35. The lowest BCUT2D eigenvalue weighted by Crippen LogP contribution is -2.20. The van der Waals surface area contributed by atoms with E-state index in [1.807, 2.05) is 0 Å². The Hall–Kier alpha value is -3.40. The van der Waals surface area contributed by atoms with Gasteiger partial charge in [0, 0.05) is 36.5 Å². The first-order valence-electron chi connectivity index (χ1n) is 9.88. The van der Waals surface area contributed by atoms with Crippen molar-refractivity contribution in [1.82, 2.24) is 9.88 Å². The molecule has 2 heterocycles. The molecule has 0 bridgehead atoms. The topological polar surface area (TPSA) is 80.6 Å². The molecule has 0 spiro atoms. The number of nitrogens with one attached hydrogen (secondary N) is 1. The Kier molecular flexibility index (Phi) is 4.70. The molecule has 166 valence electrons. The number of halogens is 4. The van der Waals surface area contributed by atoms with Gasteiger partial charge < -0.3 is 19.7 Å². The first-order valence-corrected chi connectivity index (χ1v) is 9.88. The molecule has 0 radical (unpaired) electrons. The van der Waals surface area contributed by atoms with Crippen LogP contribution >= 0.6 is 0 Å². The third-order valence-electron chi connectivity index (χ3n) is 5.83. The second-order valence-corrected chi connectivity index (χ2v) is 7.82. The molecule has 0 amide bonds. The van der Waals surface area contributed by atoms with E-state index in [0.717, 1.165) is 12.3 Å². The summed E-state index contributed by atoms with van der Waals surface area (Å²) in [6.45, 7) is -2.77. The number of aromatic carboxylic acids is 1. The van der Waals surface area contributed by atoms with Gasteiger partial charge in [0.15, 0.2) is 5.75 Å². The Balaban J connectivity index is 1.90. The van der Waals surface area contributed by atoms with E-state index in [4.69, 9.17) is 0 Å². The van der Waals surface area contributed by atoms with Crippen molar-refractivity contribution >= 4 is 16.9 Å². The van der Waals surface area contributed by atoms with Crippen LogP contribution in [0.15, 0.2) is 29.2 Å². The molecule has 0 saturated heterocycles. The highest BCUT2D eigenvalue weighted by molar-refractivity contribution is 5.98. The molecule has 1 aliphatic heterocycles. The van der Waals surface area contributed by atoms with E-state index in [0.29, 0.717) is 30.5 Å². The van der Waals surface area contributed by atoms with E-state index in [-0.39, 0.29) is 23.7 Å². The molecule has 2 N–H and O–H groups in total. The van der Waals surface area contributed by atoms with Crippen LogP contribution in [0.5, 0.6) is 5.75 Å². The normalized spacial score (nSPS) is 15.4. The summed E-state index contributed by atoms with van der Waals surface area (Å²) < 4.78 is 63.5. The first-order chi connectivity index (χ1) is 15.3. The van der Waals surface area contributed by atoms with Crippen molar-refractivity contribution in [3.8, 4) is 16.9 Å². The largest absolute Gasteiger partial charge is 0.477 e. The zero-order valence-electron chi connectivity index (χ0n) is 16.4. The van der Waals surface area contributed by atoms with Gasteiger partial charge in [-0.1, -0.05) is 12.1 Å². The average molecular weight is 448 g/mol. The lowest BCUT2D eigenvalue weighted by atomic mass is 9.96. The van der Waals surface area contributed by atoms with Gasteiger partial charge in [0.25, 0.3) is 0 Å². The van der Waals surface area contributed by atoms with Crippen molar-refractivity contribution in [3.63, 3.8) is 0 Å². The van der Waals surface area contributed by atoms with Gasteiger partial charge in [-0.25, -0.2) is 13.6 Å². The number of ether oxygens (including phenoxy) is 1. The third-order valence-corrected chi connectivity index (χ3v) is 5.83. The van der Waals surface area contributed by atoms with Crippen molar-refractivity contribution in [1.29, 1.82) is 0 Å². The molecular formula is C22H16F4N2O4. The summed E-state index contributed by atoms with van der Waals surface area (Å²) in [7, 11) is 0. The standard InChI is InChI=1S/C22H16F4N2O4/c23-15-5-12-18(28(10-2-3-10)8-14(19(12)29)21(30)31)20(32-22(25)26)16(15)11-4-1-9-6-27-7-13(9)17(11)24/h1,4-5,8,10,22,27H,2-3,6-7H2,(H,30,31). The zero-order valence-corrected chi connectivity index (χ0v) is 16.4. The summed E-state index contributed by atoms with van der Waals surface area (Å²) in [5, 5.41) is 11.9. The predicted octanol–water partition coefficient (Wildman–Crippen LogP) is 4.18. The molecule has 1 aromatic heterocycles. The molecule has 32 heavy (non-hydrogen) atoms. The van der Waals surface area contributed by atoms with Gasteiger partial charge in [0.1, 0.15) is 17.2 Å². The Morgan fingerprint density at radius 1 is 1.22 bits per heavy atom. The number of pyridine rings is 1. The summed E-state index contributed by atoms with van der Waals surface area (Å²) in [5.74, 6) is -4.16. The highest BCUT2D eigenvalue weighted by Gasteiger charge is 2.32. The fourth-order valence-electron chi connectivity index (χ4n) is 4.23. The number of aromatic nitrogens is 1. The molecule has 2 aromatic carbocycles. The van der Waals surface area contributed by atoms with Gasteiger partial charge in [0.2, 0.25) is 5.43 Å². The van der Waals surface area contributed by atoms with Gasteiger partial charge in [-0.15, -0.1) is 0 Å². The maximum absolute atomic E-state index is 15.3. The molecule has 5 rings (SSSR count). The van der Waals surface area contributed by atoms with Crippen LogP contribution in [0.25, 0.3) is 22.0 Å². The van der Waals surface area contributed by atoms with Crippen molar-refractivity contribution in [3.05, 3.63) is 62.9 Å². The highest BCUT2D eigenvalue weighted by Crippen LogP contribution is 2.45. The van der Waals surface area contributed by atoms with Gasteiger partial charge in [-0.2, -0.15) is 8.78 Å². The number of hydrogen-bond acceptors (Lipinski definition) is 4. The molecule has 10 heteroatoms. The molecule has 6 nitrogen and oxygen atoms in total. The molecule has 0 unspecified atom stereocenters. The number of carboxylic acids is 1. The second-order valence-electron chi connectivity index (χ2n) is 7.82. The first kappa shape index (κ1) is 20.5. The van der Waals surface area contributed by atoms with Gasteiger partial charge in [0.05, 0.1) is 16.5 Å². The summed E-state index contributed by atoms with van der Waals surface area (Å²) in [5.41, 5.74) is -1.68. The minimum atomic E-state index is -3.39. The number of carboxylic acid groups (broad SMARTS) is 1. The Morgan fingerprint density at radius 3 is 2.62 bits per heavy atom. The van der Waals surface area contributed by atoms with Crippen LogP contribution in [-0.4, -0.2) is 22.3 Å². The molecular weight excluding hydrogens is 432 g/mol. The fraction of sp³-hybridized carbons (Fsp3) is 0.273. The van der Waals surface area contributed by atoms with Crippen LogP contribution in [0, 0.1) is 11.6 Å². The minimum absolute atomic E-state index is 0.183. The monoisotopic (exact) mass is 448 g/mol. The van der Waals surface area contributed by atoms with E-state index in [2.05, 4.69) is 10.1 Å². The third kappa shape index (κ3) is 3.13. The number of nitrogens with zero attached hydrogens (tertiary/aromatic N) is 1. The van der Waals surface area contributed by atoms with Crippen LogP contribution < -0.4 is 15.5 Å². The van der Waals surface area contributed by atoms with E-state index >= 15 is 8.78 Å². The van der Waals surface area contributed by atoms with Crippen LogP contribution in [-0.2, 0) is 13.1 Å². The number of rotatable bonds is 5. The molecule has 2 aliphatic rings. The van der Waals surface area contributed by atoms with Crippen LogP contribution in [0.4, 0.5) is 17.6 Å². The van der Waals surface area contributed by atoms with Gasteiger partial charge >= 0.3 is 12.6 Å². The van der Waals surface area contributed by atoms with E-state index in [1.165, 1.54) is 10.6 Å². The SMILES string of the molecule is O=C(O)c1cn(C2CC2)c2c(OC(F)F)c(-c3ccc4c(c3F)CNC4)c(F)cc2c1=O. The lowest BCUT2D eigenvalue weighted by Gasteiger charge is -2.20. The molecule has 1 aliphatic carbocycles. The van der Waals surface area contributed by atoms with Crippen LogP contribution in [0.2, 0.25) is 0 Å². The van der Waals surface area contributed by atoms with Gasteiger partial charge in [-0.05, 0) is 24.5 Å². The number of fused-ring (bicyclic) bond motifs is 2. The number of hydrogen-bond donors (Lipinski definition) is 2. The Morgan fingerprint density at radius 2 is 1.97 bits per heavy atom.